The lowest BCUT2D eigenvalue weighted by Crippen LogP contribution is -2.52. The van der Waals surface area contributed by atoms with Gasteiger partial charge in [0.1, 0.15) is 0 Å². The first kappa shape index (κ1) is 17.2. The van der Waals surface area contributed by atoms with Gasteiger partial charge < -0.3 is 15.4 Å². The maximum Gasteiger partial charge on any atom is 0.308 e. The Morgan fingerprint density at radius 3 is 2.45 bits per heavy atom. The van der Waals surface area contributed by atoms with Gasteiger partial charge in [-0.3, -0.25) is 14.5 Å². The molecule has 2 aliphatic heterocycles. The molecule has 2 saturated heterocycles. The predicted molar refractivity (Wildman–Crippen MR) is 84.1 cm³/mol. The van der Waals surface area contributed by atoms with Crippen molar-refractivity contribution >= 4 is 11.9 Å². The van der Waals surface area contributed by atoms with Gasteiger partial charge in [0.2, 0.25) is 5.91 Å². The maximum atomic E-state index is 12.5. The lowest BCUT2D eigenvalue weighted by molar-refractivity contribution is -0.149. The van der Waals surface area contributed by atoms with Crippen LogP contribution in [0.3, 0.4) is 0 Å². The van der Waals surface area contributed by atoms with Gasteiger partial charge in [-0.25, -0.2) is 0 Å². The van der Waals surface area contributed by atoms with E-state index in [1.54, 1.807) is 0 Å². The molecule has 2 aliphatic rings. The van der Waals surface area contributed by atoms with Crippen molar-refractivity contribution in [1.82, 2.24) is 9.80 Å². The van der Waals surface area contributed by atoms with Crippen molar-refractivity contribution in [2.24, 2.45) is 17.6 Å². The molecule has 0 spiro atoms. The van der Waals surface area contributed by atoms with Gasteiger partial charge >= 0.3 is 5.97 Å². The number of ether oxygens (including phenoxy) is 1. The van der Waals surface area contributed by atoms with Crippen LogP contribution in [-0.4, -0.2) is 67.6 Å². The molecular weight excluding hydrogens is 282 g/mol. The van der Waals surface area contributed by atoms with Gasteiger partial charge in [0.25, 0.3) is 0 Å². The summed E-state index contributed by atoms with van der Waals surface area (Å²) >= 11 is 0. The van der Waals surface area contributed by atoms with E-state index in [-0.39, 0.29) is 17.8 Å². The number of methoxy groups -OCH3 is 1. The fourth-order valence-electron chi connectivity index (χ4n) is 3.56. The van der Waals surface area contributed by atoms with Crippen LogP contribution in [0.4, 0.5) is 0 Å². The Morgan fingerprint density at radius 1 is 1.18 bits per heavy atom. The number of esters is 1. The van der Waals surface area contributed by atoms with E-state index in [0.29, 0.717) is 51.0 Å². The smallest absolute Gasteiger partial charge is 0.308 e. The largest absolute Gasteiger partial charge is 0.469 e. The lowest BCUT2D eigenvalue weighted by Gasteiger charge is -2.39. The van der Waals surface area contributed by atoms with E-state index in [0.717, 1.165) is 19.4 Å². The zero-order chi connectivity index (χ0) is 16.1. The number of likely N-dealkylation sites (tertiary alicyclic amines) is 2. The van der Waals surface area contributed by atoms with Crippen LogP contribution in [0.25, 0.3) is 0 Å². The Morgan fingerprint density at radius 2 is 1.86 bits per heavy atom. The fourth-order valence-corrected chi connectivity index (χ4v) is 3.56. The first-order chi connectivity index (χ1) is 10.5. The van der Waals surface area contributed by atoms with Crippen molar-refractivity contribution in [3.63, 3.8) is 0 Å². The topological polar surface area (TPSA) is 75.9 Å². The molecule has 0 aliphatic carbocycles. The zero-order valence-corrected chi connectivity index (χ0v) is 13.8. The molecule has 126 valence electrons. The molecule has 0 aromatic carbocycles. The Balaban J connectivity index is 1.81. The van der Waals surface area contributed by atoms with Crippen molar-refractivity contribution in [3.8, 4) is 0 Å². The first-order valence-electron chi connectivity index (χ1n) is 8.34. The molecule has 0 saturated carbocycles. The van der Waals surface area contributed by atoms with Gasteiger partial charge in [-0.15, -0.1) is 0 Å². The number of piperidine rings is 2. The molecule has 2 unspecified atom stereocenters. The average molecular weight is 311 g/mol. The van der Waals surface area contributed by atoms with E-state index in [2.05, 4.69) is 11.8 Å². The van der Waals surface area contributed by atoms with Gasteiger partial charge in [-0.2, -0.15) is 0 Å². The number of nitrogens with zero attached hydrogens (tertiary/aromatic N) is 2. The Kier molecular flexibility index (Phi) is 6.20. The summed E-state index contributed by atoms with van der Waals surface area (Å²) in [4.78, 5) is 28.1. The molecule has 0 aromatic heterocycles. The molecule has 22 heavy (non-hydrogen) atoms. The lowest BCUT2D eigenvalue weighted by atomic mass is 9.92. The number of amides is 1. The summed E-state index contributed by atoms with van der Waals surface area (Å²) in [7, 11) is 1.42. The normalized spacial score (nSPS) is 27.7. The van der Waals surface area contributed by atoms with Crippen LogP contribution < -0.4 is 5.73 Å². The third kappa shape index (κ3) is 4.20. The minimum atomic E-state index is -0.152. The molecule has 6 nitrogen and oxygen atoms in total. The van der Waals surface area contributed by atoms with Crippen LogP contribution in [0.5, 0.6) is 0 Å². The van der Waals surface area contributed by atoms with Crippen LogP contribution in [0.1, 0.15) is 32.6 Å². The van der Waals surface area contributed by atoms with Crippen molar-refractivity contribution < 1.29 is 14.3 Å². The molecule has 0 radical (unpaired) electrons. The molecule has 6 heteroatoms. The van der Waals surface area contributed by atoms with Crippen molar-refractivity contribution in [2.45, 2.75) is 38.6 Å². The monoisotopic (exact) mass is 311 g/mol. The van der Waals surface area contributed by atoms with E-state index >= 15 is 0 Å². The first-order valence-corrected chi connectivity index (χ1v) is 8.34. The van der Waals surface area contributed by atoms with E-state index in [1.165, 1.54) is 7.11 Å². The predicted octanol–water partition coefficient (Wildman–Crippen LogP) is 0.457. The summed E-state index contributed by atoms with van der Waals surface area (Å²) < 4.78 is 4.78. The summed E-state index contributed by atoms with van der Waals surface area (Å²) in [6.45, 7) is 5.57. The second-order valence-corrected chi connectivity index (χ2v) is 6.67. The van der Waals surface area contributed by atoms with E-state index < -0.39 is 0 Å². The van der Waals surface area contributed by atoms with Gasteiger partial charge in [0.05, 0.1) is 19.6 Å². The Hall–Kier alpha value is -1.14. The van der Waals surface area contributed by atoms with Crippen LogP contribution >= 0.6 is 0 Å². The van der Waals surface area contributed by atoms with Gasteiger partial charge in [0, 0.05) is 25.7 Å². The van der Waals surface area contributed by atoms with Crippen LogP contribution in [-0.2, 0) is 14.3 Å². The van der Waals surface area contributed by atoms with E-state index in [4.69, 9.17) is 10.5 Å². The SMILES string of the molecule is COC(=O)C1CCN(C(=O)CN2CCC(C)CC2CN)CC1. The molecule has 2 heterocycles. The Bertz CT molecular complexity index is 394. The molecule has 2 rings (SSSR count). The van der Waals surface area contributed by atoms with Crippen molar-refractivity contribution in [1.29, 1.82) is 0 Å². The molecule has 0 bridgehead atoms. The van der Waals surface area contributed by atoms with Crippen molar-refractivity contribution in [3.05, 3.63) is 0 Å². The van der Waals surface area contributed by atoms with Crippen molar-refractivity contribution in [2.75, 3.05) is 39.8 Å². The average Bonchev–Trinajstić information content (AvgIpc) is 2.55. The Labute approximate surface area is 132 Å². The van der Waals surface area contributed by atoms with Gasteiger partial charge in [0.15, 0.2) is 0 Å². The molecule has 2 fully saturated rings. The molecule has 1 amide bonds. The minimum absolute atomic E-state index is 0.0540. The fraction of sp³-hybridized carbons (Fsp3) is 0.875. The number of nitrogens with two attached hydrogens (primary N) is 1. The number of carbonyl (C=O) groups excluding carboxylic acids is 2. The van der Waals surface area contributed by atoms with E-state index in [9.17, 15) is 9.59 Å². The summed E-state index contributed by atoms with van der Waals surface area (Å²) in [5, 5.41) is 0. The summed E-state index contributed by atoms with van der Waals surface area (Å²) in [5.74, 6) is 0.647. The van der Waals surface area contributed by atoms with Gasteiger partial charge in [-0.05, 0) is 38.1 Å². The van der Waals surface area contributed by atoms with Crippen LogP contribution in [0, 0.1) is 11.8 Å². The third-order valence-corrected chi connectivity index (χ3v) is 5.09. The van der Waals surface area contributed by atoms with E-state index in [1.807, 2.05) is 4.90 Å². The summed E-state index contributed by atoms with van der Waals surface area (Å²) in [6.07, 6.45) is 3.62. The number of carbonyl (C=O) groups is 2. The number of hydrogen-bond acceptors (Lipinski definition) is 5. The van der Waals surface area contributed by atoms with Crippen LogP contribution in [0.2, 0.25) is 0 Å². The highest BCUT2D eigenvalue weighted by Crippen LogP contribution is 2.23. The zero-order valence-electron chi connectivity index (χ0n) is 13.8. The van der Waals surface area contributed by atoms with Gasteiger partial charge in [-0.1, -0.05) is 6.92 Å². The number of rotatable bonds is 4. The molecule has 0 aromatic rings. The van der Waals surface area contributed by atoms with Crippen LogP contribution in [0.15, 0.2) is 0 Å². The quantitative estimate of drug-likeness (QED) is 0.763. The second kappa shape index (κ2) is 7.92. The third-order valence-electron chi connectivity index (χ3n) is 5.09. The summed E-state index contributed by atoms with van der Waals surface area (Å²) in [5.41, 5.74) is 5.86. The highest BCUT2D eigenvalue weighted by atomic mass is 16.5. The number of hydrogen-bond donors (Lipinski definition) is 1. The summed E-state index contributed by atoms with van der Waals surface area (Å²) in [6, 6.07) is 0.320. The standard InChI is InChI=1S/C16H29N3O3/c1-12-3-6-19(14(9-12)10-17)11-15(20)18-7-4-13(5-8-18)16(21)22-2/h12-14H,3-11,17H2,1-2H3. The second-order valence-electron chi connectivity index (χ2n) is 6.67. The highest BCUT2D eigenvalue weighted by molar-refractivity contribution is 5.79. The molecule has 2 N–H and O–H groups in total. The highest BCUT2D eigenvalue weighted by Gasteiger charge is 2.31. The minimum Gasteiger partial charge on any atom is -0.469 e. The maximum absolute atomic E-state index is 12.5. The molecule has 2 atom stereocenters. The molecular formula is C16H29N3O3.